The SMILES string of the molecule is COc1cccc(Cn2cnc3ccc(Cl)cc3c2=O)c1. The Bertz CT molecular complexity index is 858. The Balaban J connectivity index is 2.04. The second-order valence-corrected chi connectivity index (χ2v) is 5.13. The van der Waals surface area contributed by atoms with E-state index in [9.17, 15) is 4.79 Å². The van der Waals surface area contributed by atoms with Gasteiger partial charge in [0.25, 0.3) is 5.56 Å². The number of hydrogen-bond donors (Lipinski definition) is 0. The smallest absolute Gasteiger partial charge is 0.261 e. The van der Waals surface area contributed by atoms with E-state index in [0.29, 0.717) is 22.5 Å². The number of halogens is 1. The van der Waals surface area contributed by atoms with Crippen molar-refractivity contribution in [3.8, 4) is 5.75 Å². The molecule has 0 aliphatic carbocycles. The van der Waals surface area contributed by atoms with Crippen LogP contribution in [0.25, 0.3) is 10.9 Å². The third-order valence-electron chi connectivity index (χ3n) is 3.27. The molecule has 0 spiro atoms. The first-order chi connectivity index (χ1) is 10.2. The fourth-order valence-electron chi connectivity index (χ4n) is 2.21. The highest BCUT2D eigenvalue weighted by Crippen LogP contribution is 2.16. The Morgan fingerprint density at radius 1 is 1.24 bits per heavy atom. The molecular weight excluding hydrogens is 288 g/mol. The van der Waals surface area contributed by atoms with Crippen LogP contribution in [-0.2, 0) is 6.54 Å². The van der Waals surface area contributed by atoms with Gasteiger partial charge in [-0.2, -0.15) is 0 Å². The number of aromatic nitrogens is 2. The summed E-state index contributed by atoms with van der Waals surface area (Å²) in [5.74, 6) is 0.761. The molecule has 0 unspecified atom stereocenters. The molecular formula is C16H13ClN2O2. The molecule has 0 saturated carbocycles. The summed E-state index contributed by atoms with van der Waals surface area (Å²) < 4.78 is 6.75. The predicted molar refractivity (Wildman–Crippen MR) is 83.1 cm³/mol. The maximum atomic E-state index is 12.5. The Labute approximate surface area is 126 Å². The lowest BCUT2D eigenvalue weighted by Crippen LogP contribution is -2.21. The van der Waals surface area contributed by atoms with Crippen molar-refractivity contribution < 1.29 is 4.74 Å². The van der Waals surface area contributed by atoms with Crippen LogP contribution in [0.2, 0.25) is 5.02 Å². The minimum absolute atomic E-state index is 0.106. The van der Waals surface area contributed by atoms with Crippen molar-refractivity contribution in [1.29, 1.82) is 0 Å². The lowest BCUT2D eigenvalue weighted by atomic mass is 10.2. The van der Waals surface area contributed by atoms with Crippen LogP contribution in [0.15, 0.2) is 53.6 Å². The average molecular weight is 301 g/mol. The number of ether oxygens (including phenoxy) is 1. The van der Waals surface area contributed by atoms with Crippen molar-refractivity contribution in [3.63, 3.8) is 0 Å². The standard InChI is InChI=1S/C16H13ClN2O2/c1-21-13-4-2-3-11(7-13)9-19-10-18-15-6-5-12(17)8-14(15)16(19)20/h2-8,10H,9H2,1H3. The molecule has 2 aromatic carbocycles. The van der Waals surface area contributed by atoms with Crippen LogP contribution >= 0.6 is 11.6 Å². The van der Waals surface area contributed by atoms with Crippen molar-refractivity contribution in [1.82, 2.24) is 9.55 Å². The number of nitrogens with zero attached hydrogens (tertiary/aromatic N) is 2. The molecule has 0 amide bonds. The van der Waals surface area contributed by atoms with E-state index in [1.54, 1.807) is 36.2 Å². The van der Waals surface area contributed by atoms with Crippen molar-refractivity contribution >= 4 is 22.5 Å². The molecule has 0 aliphatic rings. The van der Waals surface area contributed by atoms with Gasteiger partial charge in [0.1, 0.15) is 5.75 Å². The van der Waals surface area contributed by atoms with Crippen LogP contribution in [0.4, 0.5) is 0 Å². The fraction of sp³-hybridized carbons (Fsp3) is 0.125. The minimum atomic E-state index is -0.106. The summed E-state index contributed by atoms with van der Waals surface area (Å²) in [5, 5.41) is 1.05. The third-order valence-corrected chi connectivity index (χ3v) is 3.51. The summed E-state index contributed by atoms with van der Waals surface area (Å²) in [7, 11) is 1.62. The number of rotatable bonds is 3. The molecule has 21 heavy (non-hydrogen) atoms. The highest BCUT2D eigenvalue weighted by molar-refractivity contribution is 6.31. The van der Waals surface area contributed by atoms with E-state index >= 15 is 0 Å². The quantitative estimate of drug-likeness (QED) is 0.746. The normalized spacial score (nSPS) is 10.8. The molecule has 0 fully saturated rings. The zero-order valence-corrected chi connectivity index (χ0v) is 12.2. The van der Waals surface area contributed by atoms with Gasteiger partial charge in [0.05, 0.1) is 30.9 Å². The molecule has 0 saturated heterocycles. The lowest BCUT2D eigenvalue weighted by Gasteiger charge is -2.08. The van der Waals surface area contributed by atoms with Gasteiger partial charge in [-0.3, -0.25) is 9.36 Å². The van der Waals surface area contributed by atoms with E-state index in [1.807, 2.05) is 24.3 Å². The molecule has 0 radical (unpaired) electrons. The Hall–Kier alpha value is -2.33. The maximum absolute atomic E-state index is 12.5. The van der Waals surface area contributed by atoms with Gasteiger partial charge in [-0.15, -0.1) is 0 Å². The number of fused-ring (bicyclic) bond motifs is 1. The van der Waals surface area contributed by atoms with Gasteiger partial charge in [0, 0.05) is 5.02 Å². The zero-order valence-electron chi connectivity index (χ0n) is 11.4. The van der Waals surface area contributed by atoms with Crippen LogP contribution in [-0.4, -0.2) is 16.7 Å². The topological polar surface area (TPSA) is 44.1 Å². The number of methoxy groups -OCH3 is 1. The third kappa shape index (κ3) is 2.76. The van der Waals surface area contributed by atoms with Gasteiger partial charge in [0.2, 0.25) is 0 Å². The van der Waals surface area contributed by atoms with Gasteiger partial charge in [-0.25, -0.2) is 4.98 Å². The highest BCUT2D eigenvalue weighted by atomic mass is 35.5. The molecule has 0 atom stereocenters. The summed E-state index contributed by atoms with van der Waals surface area (Å²) in [6, 6.07) is 12.7. The molecule has 0 N–H and O–H groups in total. The van der Waals surface area contributed by atoms with Gasteiger partial charge in [-0.1, -0.05) is 23.7 Å². The number of benzene rings is 2. The van der Waals surface area contributed by atoms with Crippen LogP contribution in [0.5, 0.6) is 5.75 Å². The molecule has 1 heterocycles. The fourth-order valence-corrected chi connectivity index (χ4v) is 2.38. The lowest BCUT2D eigenvalue weighted by molar-refractivity contribution is 0.414. The van der Waals surface area contributed by atoms with Crippen LogP contribution < -0.4 is 10.3 Å². The van der Waals surface area contributed by atoms with E-state index in [1.165, 1.54) is 0 Å². The predicted octanol–water partition coefficient (Wildman–Crippen LogP) is 3.11. The van der Waals surface area contributed by atoms with Crippen molar-refractivity contribution in [3.05, 3.63) is 69.7 Å². The monoisotopic (exact) mass is 300 g/mol. The Morgan fingerprint density at radius 2 is 2.10 bits per heavy atom. The molecule has 0 bridgehead atoms. The van der Waals surface area contributed by atoms with Crippen LogP contribution in [0.1, 0.15) is 5.56 Å². The first kappa shape index (κ1) is 13.6. The Morgan fingerprint density at radius 3 is 2.90 bits per heavy atom. The summed E-state index contributed by atoms with van der Waals surface area (Å²) in [6.07, 6.45) is 1.55. The van der Waals surface area contributed by atoms with E-state index in [4.69, 9.17) is 16.3 Å². The average Bonchev–Trinajstić information content (AvgIpc) is 2.51. The minimum Gasteiger partial charge on any atom is -0.497 e. The van der Waals surface area contributed by atoms with Crippen molar-refractivity contribution in [2.24, 2.45) is 0 Å². The maximum Gasteiger partial charge on any atom is 0.261 e. The van der Waals surface area contributed by atoms with Crippen LogP contribution in [0.3, 0.4) is 0 Å². The molecule has 3 rings (SSSR count). The first-order valence-electron chi connectivity index (χ1n) is 6.45. The van der Waals surface area contributed by atoms with Crippen molar-refractivity contribution in [2.45, 2.75) is 6.54 Å². The van der Waals surface area contributed by atoms with Gasteiger partial charge >= 0.3 is 0 Å². The molecule has 4 nitrogen and oxygen atoms in total. The summed E-state index contributed by atoms with van der Waals surface area (Å²) in [5.41, 5.74) is 1.51. The summed E-state index contributed by atoms with van der Waals surface area (Å²) in [4.78, 5) is 16.8. The molecule has 3 aromatic rings. The van der Waals surface area contributed by atoms with Crippen LogP contribution in [0, 0.1) is 0 Å². The molecule has 5 heteroatoms. The zero-order chi connectivity index (χ0) is 14.8. The molecule has 106 valence electrons. The Kier molecular flexibility index (Phi) is 3.62. The van der Waals surface area contributed by atoms with E-state index in [-0.39, 0.29) is 5.56 Å². The molecule has 1 aromatic heterocycles. The van der Waals surface area contributed by atoms with Gasteiger partial charge in [-0.05, 0) is 35.9 Å². The van der Waals surface area contributed by atoms with E-state index in [2.05, 4.69) is 4.98 Å². The highest BCUT2D eigenvalue weighted by Gasteiger charge is 2.06. The van der Waals surface area contributed by atoms with Crippen molar-refractivity contribution in [2.75, 3.05) is 7.11 Å². The summed E-state index contributed by atoms with van der Waals surface area (Å²) in [6.45, 7) is 0.436. The van der Waals surface area contributed by atoms with Gasteiger partial charge in [0.15, 0.2) is 0 Å². The first-order valence-corrected chi connectivity index (χ1v) is 6.83. The summed E-state index contributed by atoms with van der Waals surface area (Å²) >= 11 is 5.95. The van der Waals surface area contributed by atoms with E-state index < -0.39 is 0 Å². The largest absolute Gasteiger partial charge is 0.497 e. The van der Waals surface area contributed by atoms with Gasteiger partial charge < -0.3 is 4.74 Å². The second kappa shape index (κ2) is 5.58. The number of hydrogen-bond acceptors (Lipinski definition) is 3. The second-order valence-electron chi connectivity index (χ2n) is 4.69. The molecule has 0 aliphatic heterocycles. The van der Waals surface area contributed by atoms with E-state index in [0.717, 1.165) is 11.3 Å².